The molecule has 10 heteroatoms. The van der Waals surface area contributed by atoms with Gasteiger partial charge < -0.3 is 25.0 Å². The minimum absolute atomic E-state index is 0.0154. The Hall–Kier alpha value is -3.11. The van der Waals surface area contributed by atoms with Crippen molar-refractivity contribution in [2.24, 2.45) is 34.5 Å². The van der Waals surface area contributed by atoms with Gasteiger partial charge in [-0.05, 0) is 136 Å². The number of carbonyl (C=O) groups excluding carboxylic acids is 3. The van der Waals surface area contributed by atoms with Crippen molar-refractivity contribution < 1.29 is 34.4 Å². The number of ether oxygens (including phenoxy) is 1. The van der Waals surface area contributed by atoms with Crippen molar-refractivity contribution in [3.05, 3.63) is 69.5 Å². The maximum absolute atomic E-state index is 13.4. The second-order valence-corrected chi connectivity index (χ2v) is 17.4. The van der Waals surface area contributed by atoms with Gasteiger partial charge in [0.05, 0.1) is 18.4 Å². The highest BCUT2D eigenvalue weighted by molar-refractivity contribution is 6.30. The number of Topliss-reactive ketones (excluding diaryl/α,β-unsaturated/α-hetero) is 2. The number of ketones is 2. The number of carbonyl (C=O) groups is 3. The number of halogens is 1. The Labute approximate surface area is 318 Å². The molecule has 286 valence electrons. The molecule has 2 heterocycles. The van der Waals surface area contributed by atoms with E-state index >= 15 is 0 Å². The molecule has 2 aromatic rings. The third-order valence-electron chi connectivity index (χ3n) is 14.5. The first-order valence-electron chi connectivity index (χ1n) is 19.8. The van der Waals surface area contributed by atoms with E-state index in [1.54, 1.807) is 4.90 Å². The largest absolute Gasteiger partial charge is 0.450 e. The van der Waals surface area contributed by atoms with Crippen LogP contribution in [0.15, 0.2) is 42.1 Å². The SMILES string of the molecule is CCOC(=O)N1CCC(=C2c3ccc(Cl)cc3CCc3cccnc32)CC1.C[C@]12CC[C@@H](O)C[C@H]1CC[C@@H]1[C@@H]2C(=O)C[C@@]2(C)[C@H]1CC[C@]2(O)C(=O)CO. The highest BCUT2D eigenvalue weighted by Crippen LogP contribution is 2.67. The number of aliphatic hydroxyl groups excluding tert-OH is 2. The van der Waals surface area contributed by atoms with Crippen molar-refractivity contribution in [1.29, 1.82) is 0 Å². The summed E-state index contributed by atoms with van der Waals surface area (Å²) in [7, 11) is 0. The van der Waals surface area contributed by atoms with Crippen LogP contribution in [-0.2, 0) is 27.2 Å². The Kier molecular flexibility index (Phi) is 10.7. The number of benzene rings is 1. The summed E-state index contributed by atoms with van der Waals surface area (Å²) in [6.07, 6.45) is 10.7. The van der Waals surface area contributed by atoms with Crippen LogP contribution in [0.1, 0.15) is 107 Å². The third kappa shape index (κ3) is 6.57. The number of aliphatic hydroxyl groups is 3. The molecule has 5 aliphatic carbocycles. The van der Waals surface area contributed by atoms with E-state index in [9.17, 15) is 29.7 Å². The minimum atomic E-state index is -1.58. The number of aromatic nitrogens is 1. The number of hydrogen-bond acceptors (Lipinski definition) is 8. The van der Waals surface area contributed by atoms with Crippen molar-refractivity contribution in [1.82, 2.24) is 9.88 Å². The Morgan fingerprint density at radius 1 is 1.02 bits per heavy atom. The van der Waals surface area contributed by atoms with Crippen LogP contribution in [0.2, 0.25) is 5.02 Å². The Morgan fingerprint density at radius 2 is 1.77 bits per heavy atom. The van der Waals surface area contributed by atoms with Crippen LogP contribution in [0, 0.1) is 34.5 Å². The summed E-state index contributed by atoms with van der Waals surface area (Å²) in [4.78, 5) is 44.3. The van der Waals surface area contributed by atoms with Crippen molar-refractivity contribution in [2.45, 2.75) is 110 Å². The molecule has 1 amide bonds. The van der Waals surface area contributed by atoms with Gasteiger partial charge in [-0.3, -0.25) is 14.6 Å². The molecule has 53 heavy (non-hydrogen) atoms. The lowest BCUT2D eigenvalue weighted by atomic mass is 9.44. The fraction of sp³-hybridized carbons (Fsp3) is 0.628. The monoisotopic (exact) mass is 746 g/mol. The number of aryl methyl sites for hydroxylation is 2. The van der Waals surface area contributed by atoms with Crippen LogP contribution in [-0.4, -0.2) is 80.9 Å². The lowest BCUT2D eigenvalue weighted by Crippen LogP contribution is -2.62. The summed E-state index contributed by atoms with van der Waals surface area (Å²) in [6.45, 7) is 7.08. The summed E-state index contributed by atoms with van der Waals surface area (Å²) in [5, 5.41) is 31.4. The maximum atomic E-state index is 13.4. The smallest absolute Gasteiger partial charge is 0.409 e. The Bertz CT molecular complexity index is 1790. The van der Waals surface area contributed by atoms with Crippen LogP contribution in [0.3, 0.4) is 0 Å². The number of amides is 1. The fourth-order valence-electron chi connectivity index (χ4n) is 11.7. The average molecular weight is 747 g/mol. The molecule has 0 spiro atoms. The number of pyridine rings is 1. The zero-order chi connectivity index (χ0) is 37.7. The molecule has 0 unspecified atom stereocenters. The number of piperidine rings is 1. The number of hydrogen-bond donors (Lipinski definition) is 3. The highest BCUT2D eigenvalue weighted by atomic mass is 35.5. The van der Waals surface area contributed by atoms with Crippen LogP contribution >= 0.6 is 11.6 Å². The molecule has 0 bridgehead atoms. The molecule has 0 radical (unpaired) electrons. The lowest BCUT2D eigenvalue weighted by molar-refractivity contribution is -0.180. The Balaban J connectivity index is 0.000000164. The number of likely N-dealkylation sites (tertiary alicyclic amines) is 1. The van der Waals surface area contributed by atoms with Gasteiger partial charge in [0.15, 0.2) is 5.78 Å². The number of fused-ring (bicyclic) bond motifs is 7. The van der Waals surface area contributed by atoms with Crippen LogP contribution in [0.25, 0.3) is 5.57 Å². The summed E-state index contributed by atoms with van der Waals surface area (Å²) in [6, 6.07) is 10.3. The normalized spacial score (nSPS) is 34.7. The van der Waals surface area contributed by atoms with Gasteiger partial charge in [-0.25, -0.2) is 4.79 Å². The van der Waals surface area contributed by atoms with E-state index in [4.69, 9.17) is 21.3 Å². The molecule has 1 aromatic carbocycles. The van der Waals surface area contributed by atoms with Crippen molar-refractivity contribution in [3.63, 3.8) is 0 Å². The number of rotatable bonds is 3. The molecule has 9 nitrogen and oxygen atoms in total. The van der Waals surface area contributed by atoms with E-state index < -0.39 is 23.4 Å². The number of nitrogens with zero attached hydrogens (tertiary/aromatic N) is 2. The van der Waals surface area contributed by atoms with Gasteiger partial charge in [0, 0.05) is 47.6 Å². The zero-order valence-corrected chi connectivity index (χ0v) is 32.2. The molecule has 6 aliphatic rings. The zero-order valence-electron chi connectivity index (χ0n) is 31.4. The van der Waals surface area contributed by atoms with Crippen molar-refractivity contribution in [3.8, 4) is 0 Å². The summed E-state index contributed by atoms with van der Waals surface area (Å²) in [5.41, 5.74) is 5.06. The van der Waals surface area contributed by atoms with E-state index in [-0.39, 0.29) is 47.6 Å². The molecule has 1 aliphatic heterocycles. The predicted molar refractivity (Wildman–Crippen MR) is 202 cm³/mol. The average Bonchev–Trinajstić information content (AvgIpc) is 3.31. The van der Waals surface area contributed by atoms with Crippen LogP contribution < -0.4 is 0 Å². The van der Waals surface area contributed by atoms with Gasteiger partial charge in [0.25, 0.3) is 0 Å². The summed E-state index contributed by atoms with van der Waals surface area (Å²) < 4.78 is 5.15. The quantitative estimate of drug-likeness (QED) is 0.314. The van der Waals surface area contributed by atoms with Gasteiger partial charge in [0.1, 0.15) is 18.0 Å². The van der Waals surface area contributed by atoms with Crippen molar-refractivity contribution in [2.75, 3.05) is 26.3 Å². The molecule has 3 N–H and O–H groups in total. The second-order valence-electron chi connectivity index (χ2n) is 17.0. The van der Waals surface area contributed by atoms with Gasteiger partial charge >= 0.3 is 6.09 Å². The first kappa shape index (κ1) is 38.2. The molecule has 5 fully saturated rings. The van der Waals surface area contributed by atoms with Crippen molar-refractivity contribution >= 4 is 34.8 Å². The van der Waals surface area contributed by atoms with Crippen LogP contribution in [0.4, 0.5) is 4.79 Å². The van der Waals surface area contributed by atoms with E-state index in [2.05, 4.69) is 25.1 Å². The topological polar surface area (TPSA) is 137 Å². The Morgan fingerprint density at radius 3 is 2.51 bits per heavy atom. The van der Waals surface area contributed by atoms with Gasteiger partial charge in [-0.2, -0.15) is 0 Å². The molecule has 1 saturated heterocycles. The predicted octanol–water partition coefficient (Wildman–Crippen LogP) is 6.75. The first-order valence-corrected chi connectivity index (χ1v) is 20.2. The highest BCUT2D eigenvalue weighted by Gasteiger charge is 2.68. The molecule has 4 saturated carbocycles. The van der Waals surface area contributed by atoms with Gasteiger partial charge in [-0.1, -0.05) is 43.2 Å². The van der Waals surface area contributed by atoms with Gasteiger partial charge in [0.2, 0.25) is 0 Å². The molecule has 1 aromatic heterocycles. The summed E-state index contributed by atoms with van der Waals surface area (Å²) >= 11 is 6.27. The molecule has 8 atom stereocenters. The fourth-order valence-corrected chi connectivity index (χ4v) is 11.9. The van der Waals surface area contributed by atoms with E-state index in [1.807, 2.05) is 32.2 Å². The van der Waals surface area contributed by atoms with E-state index in [0.717, 1.165) is 74.9 Å². The molecular weight excluding hydrogens is 692 g/mol. The standard InChI is InChI=1S/C22H23ClN2O2.C21H32O5/c1-2-27-22(26)25-12-9-15(10-13-25)20-19-8-7-18(23)14-17(19)6-5-16-4-3-11-24-21(16)20;1-19-7-5-13(23)9-12(19)3-4-14-15-6-8-21(26,17(25)11-22)20(15,2)10-16(24)18(14)19/h3-4,7-8,11,14H,2,5-6,9-10,12-13H2,1H3;12-15,18,22-23,26H,3-11H2,1-2H3/t;12-,13-,14+,15+,18-,19+,20+,21+/m.1/s1. The lowest BCUT2D eigenvalue weighted by Gasteiger charge is -2.60. The van der Waals surface area contributed by atoms with Crippen LogP contribution in [0.5, 0.6) is 0 Å². The van der Waals surface area contributed by atoms with E-state index in [1.165, 1.54) is 27.8 Å². The maximum Gasteiger partial charge on any atom is 0.409 e. The molecule has 8 rings (SSSR count). The molecular formula is C43H55ClN2O7. The second kappa shape index (κ2) is 14.9. The third-order valence-corrected chi connectivity index (χ3v) is 14.7. The minimum Gasteiger partial charge on any atom is -0.450 e. The first-order chi connectivity index (χ1) is 25.3. The van der Waals surface area contributed by atoms with Gasteiger partial charge in [-0.15, -0.1) is 0 Å². The van der Waals surface area contributed by atoms with E-state index in [0.29, 0.717) is 32.0 Å². The summed E-state index contributed by atoms with van der Waals surface area (Å²) in [5.74, 6) is 0.380.